The number of amides is 1. The number of anilines is 1. The number of hydrogen-bond acceptors (Lipinski definition) is 3. The molecular weight excluding hydrogens is 246 g/mol. The molecule has 2 rings (SSSR count). The quantitative estimate of drug-likeness (QED) is 0.866. The zero-order chi connectivity index (χ0) is 13.7. The molecule has 0 aromatic heterocycles. The van der Waals surface area contributed by atoms with Crippen molar-refractivity contribution in [3.63, 3.8) is 0 Å². The molecule has 1 aliphatic rings. The molecule has 1 aliphatic heterocycles. The predicted octanol–water partition coefficient (Wildman–Crippen LogP) is 1.68. The molecule has 102 valence electrons. The van der Waals surface area contributed by atoms with E-state index in [9.17, 15) is 9.59 Å². The Kier molecular flexibility index (Phi) is 4.52. The first-order chi connectivity index (χ1) is 9.16. The van der Waals surface area contributed by atoms with E-state index in [1.165, 1.54) is 0 Å². The molecule has 0 spiro atoms. The minimum absolute atomic E-state index is 0.0995. The Labute approximate surface area is 111 Å². The summed E-state index contributed by atoms with van der Waals surface area (Å²) in [6.07, 6.45) is 1.60. The predicted molar refractivity (Wildman–Crippen MR) is 70.0 cm³/mol. The van der Waals surface area contributed by atoms with E-state index >= 15 is 0 Å². The molecule has 1 aromatic carbocycles. The second kappa shape index (κ2) is 6.33. The summed E-state index contributed by atoms with van der Waals surface area (Å²) < 4.78 is 5.28. The molecule has 0 radical (unpaired) electrons. The van der Waals surface area contributed by atoms with Crippen molar-refractivity contribution in [2.75, 3.05) is 18.5 Å². The number of carbonyl (C=O) groups is 2. The first kappa shape index (κ1) is 13.5. The molecule has 2 N–H and O–H groups in total. The Morgan fingerprint density at radius 1 is 1.37 bits per heavy atom. The first-order valence-electron chi connectivity index (χ1n) is 6.35. The van der Waals surface area contributed by atoms with Gasteiger partial charge in [0.15, 0.2) is 0 Å². The van der Waals surface area contributed by atoms with Crippen molar-refractivity contribution in [3.05, 3.63) is 29.8 Å². The molecule has 0 aliphatic carbocycles. The van der Waals surface area contributed by atoms with E-state index in [0.717, 1.165) is 12.8 Å². The molecular formula is C14H17NO4. The van der Waals surface area contributed by atoms with Gasteiger partial charge < -0.3 is 15.2 Å². The second-order valence-electron chi connectivity index (χ2n) is 4.63. The first-order valence-corrected chi connectivity index (χ1v) is 6.35. The van der Waals surface area contributed by atoms with Crippen LogP contribution in [-0.4, -0.2) is 30.2 Å². The van der Waals surface area contributed by atoms with Crippen LogP contribution in [0.2, 0.25) is 0 Å². The lowest BCUT2D eigenvalue weighted by Crippen LogP contribution is -2.30. The largest absolute Gasteiger partial charge is 0.481 e. The molecule has 0 unspecified atom stereocenters. The summed E-state index contributed by atoms with van der Waals surface area (Å²) in [7, 11) is 0. The third-order valence-corrected chi connectivity index (χ3v) is 3.15. The van der Waals surface area contributed by atoms with Gasteiger partial charge in [-0.2, -0.15) is 0 Å². The van der Waals surface area contributed by atoms with Gasteiger partial charge in [0.1, 0.15) is 0 Å². The lowest BCUT2D eigenvalue weighted by Gasteiger charge is -2.21. The standard InChI is InChI=1S/C14H17NO4/c16-13(17)8-10-4-1-2-6-12(10)15-14(18)11-5-3-7-19-9-11/h1-2,4,6,11H,3,5,7-9H2,(H,15,18)(H,16,17)/t11-/m1/s1. The fourth-order valence-corrected chi connectivity index (χ4v) is 2.14. The average Bonchev–Trinajstić information content (AvgIpc) is 2.41. The third kappa shape index (κ3) is 3.79. The van der Waals surface area contributed by atoms with Gasteiger partial charge in [0.2, 0.25) is 5.91 Å². The van der Waals surface area contributed by atoms with Crippen molar-refractivity contribution < 1.29 is 19.4 Å². The third-order valence-electron chi connectivity index (χ3n) is 3.15. The highest BCUT2D eigenvalue weighted by atomic mass is 16.5. The van der Waals surface area contributed by atoms with E-state index in [1.54, 1.807) is 24.3 Å². The lowest BCUT2D eigenvalue weighted by molar-refractivity contribution is -0.136. The molecule has 1 fully saturated rings. The van der Waals surface area contributed by atoms with Crippen LogP contribution in [0.3, 0.4) is 0 Å². The lowest BCUT2D eigenvalue weighted by atomic mass is 10.0. The van der Waals surface area contributed by atoms with Gasteiger partial charge in [-0.15, -0.1) is 0 Å². The van der Waals surface area contributed by atoms with E-state index < -0.39 is 5.97 Å². The van der Waals surface area contributed by atoms with Gasteiger partial charge in [0, 0.05) is 12.3 Å². The maximum atomic E-state index is 12.1. The summed E-state index contributed by atoms with van der Waals surface area (Å²) >= 11 is 0. The average molecular weight is 263 g/mol. The van der Waals surface area contributed by atoms with Gasteiger partial charge in [-0.05, 0) is 24.5 Å². The van der Waals surface area contributed by atoms with Gasteiger partial charge >= 0.3 is 5.97 Å². The summed E-state index contributed by atoms with van der Waals surface area (Å²) in [6, 6.07) is 6.97. The highest BCUT2D eigenvalue weighted by Gasteiger charge is 2.22. The van der Waals surface area contributed by atoms with Crippen LogP contribution in [0.25, 0.3) is 0 Å². The van der Waals surface area contributed by atoms with Gasteiger partial charge in [-0.25, -0.2) is 0 Å². The number of hydrogen-bond donors (Lipinski definition) is 2. The van der Waals surface area contributed by atoms with E-state index in [4.69, 9.17) is 9.84 Å². The summed E-state index contributed by atoms with van der Waals surface area (Å²) in [4.78, 5) is 22.8. The molecule has 1 aromatic rings. The minimum atomic E-state index is -0.914. The van der Waals surface area contributed by atoms with Crippen molar-refractivity contribution in [3.8, 4) is 0 Å². The SMILES string of the molecule is O=C(O)Cc1ccccc1NC(=O)[C@@H]1CCCOC1. The zero-order valence-electron chi connectivity index (χ0n) is 10.6. The number of aliphatic carboxylic acids is 1. The van der Waals surface area contributed by atoms with Crippen molar-refractivity contribution in [1.29, 1.82) is 0 Å². The molecule has 0 saturated carbocycles. The van der Waals surface area contributed by atoms with E-state index in [2.05, 4.69) is 5.32 Å². The number of carbonyl (C=O) groups excluding carboxylic acids is 1. The number of nitrogens with one attached hydrogen (secondary N) is 1. The Balaban J connectivity index is 2.05. The fraction of sp³-hybridized carbons (Fsp3) is 0.429. The Bertz CT molecular complexity index is 466. The number of rotatable bonds is 4. The molecule has 1 amide bonds. The summed E-state index contributed by atoms with van der Waals surface area (Å²) in [5, 5.41) is 11.6. The molecule has 1 heterocycles. The van der Waals surface area contributed by atoms with Gasteiger partial charge in [-0.1, -0.05) is 18.2 Å². The Morgan fingerprint density at radius 2 is 2.16 bits per heavy atom. The van der Waals surface area contributed by atoms with Crippen LogP contribution < -0.4 is 5.32 Å². The van der Waals surface area contributed by atoms with Gasteiger partial charge in [-0.3, -0.25) is 9.59 Å². The van der Waals surface area contributed by atoms with Crippen LogP contribution in [0.4, 0.5) is 5.69 Å². The monoisotopic (exact) mass is 263 g/mol. The smallest absolute Gasteiger partial charge is 0.307 e. The molecule has 1 atom stereocenters. The fourth-order valence-electron chi connectivity index (χ4n) is 2.14. The van der Waals surface area contributed by atoms with E-state index in [0.29, 0.717) is 24.5 Å². The molecule has 5 nitrogen and oxygen atoms in total. The van der Waals surface area contributed by atoms with Crippen molar-refractivity contribution >= 4 is 17.6 Å². The van der Waals surface area contributed by atoms with Crippen LogP contribution in [0.1, 0.15) is 18.4 Å². The van der Waals surface area contributed by atoms with Crippen LogP contribution in [-0.2, 0) is 20.7 Å². The van der Waals surface area contributed by atoms with E-state index in [-0.39, 0.29) is 18.2 Å². The van der Waals surface area contributed by atoms with Crippen LogP contribution in [0.5, 0.6) is 0 Å². The zero-order valence-corrected chi connectivity index (χ0v) is 10.6. The van der Waals surface area contributed by atoms with Gasteiger partial charge in [0.05, 0.1) is 18.9 Å². The van der Waals surface area contributed by atoms with Crippen LogP contribution in [0.15, 0.2) is 24.3 Å². The van der Waals surface area contributed by atoms with Crippen LogP contribution >= 0.6 is 0 Å². The van der Waals surface area contributed by atoms with E-state index in [1.807, 2.05) is 0 Å². The minimum Gasteiger partial charge on any atom is -0.481 e. The maximum Gasteiger partial charge on any atom is 0.307 e. The number of carboxylic acid groups (broad SMARTS) is 1. The van der Waals surface area contributed by atoms with Crippen molar-refractivity contribution in [1.82, 2.24) is 0 Å². The highest BCUT2D eigenvalue weighted by Crippen LogP contribution is 2.19. The summed E-state index contributed by atoms with van der Waals surface area (Å²) in [5.41, 5.74) is 1.18. The van der Waals surface area contributed by atoms with Crippen molar-refractivity contribution in [2.45, 2.75) is 19.3 Å². The van der Waals surface area contributed by atoms with Crippen LogP contribution in [0, 0.1) is 5.92 Å². The molecule has 19 heavy (non-hydrogen) atoms. The summed E-state index contributed by atoms with van der Waals surface area (Å²) in [5.74, 6) is -1.16. The normalized spacial score (nSPS) is 18.8. The summed E-state index contributed by atoms with van der Waals surface area (Å²) in [6.45, 7) is 1.15. The molecule has 1 saturated heterocycles. The topological polar surface area (TPSA) is 75.6 Å². The molecule has 0 bridgehead atoms. The Hall–Kier alpha value is -1.88. The second-order valence-corrected chi connectivity index (χ2v) is 4.63. The van der Waals surface area contributed by atoms with Crippen molar-refractivity contribution in [2.24, 2.45) is 5.92 Å². The number of para-hydroxylation sites is 1. The Morgan fingerprint density at radius 3 is 2.84 bits per heavy atom. The highest BCUT2D eigenvalue weighted by molar-refractivity contribution is 5.94. The number of benzene rings is 1. The maximum absolute atomic E-state index is 12.1. The molecule has 5 heteroatoms. The van der Waals surface area contributed by atoms with Gasteiger partial charge in [0.25, 0.3) is 0 Å². The number of carboxylic acids is 1. The number of ether oxygens (including phenoxy) is 1.